The van der Waals surface area contributed by atoms with Crippen LogP contribution < -0.4 is 0 Å². The number of hydrogen-bond donors (Lipinski definition) is 0. The predicted molar refractivity (Wildman–Crippen MR) is 67.4 cm³/mol. The van der Waals surface area contributed by atoms with E-state index in [1.807, 2.05) is 0 Å². The molecule has 0 aliphatic heterocycles. The van der Waals surface area contributed by atoms with Crippen molar-refractivity contribution < 1.29 is 28.6 Å². The monoisotopic (exact) mass is 274 g/mol. The highest BCUT2D eigenvalue weighted by atomic mass is 16.5. The Labute approximate surface area is 113 Å². The zero-order chi connectivity index (χ0) is 14.8. The maximum atomic E-state index is 11.9. The van der Waals surface area contributed by atoms with E-state index in [1.54, 1.807) is 20.8 Å². The fraction of sp³-hybridized carbons (Fsp3) is 0.769. The van der Waals surface area contributed by atoms with Gasteiger partial charge in [0.1, 0.15) is 17.6 Å². The minimum Gasteiger partial charge on any atom is -0.466 e. The molecule has 6 heteroatoms. The van der Waals surface area contributed by atoms with Crippen LogP contribution in [0.2, 0.25) is 0 Å². The topological polar surface area (TPSA) is 78.9 Å². The largest absolute Gasteiger partial charge is 0.466 e. The molecule has 2 atom stereocenters. The van der Waals surface area contributed by atoms with Gasteiger partial charge in [-0.15, -0.1) is 0 Å². The predicted octanol–water partition coefficient (Wildman–Crippen LogP) is 0.970. The normalized spacial score (nSPS) is 13.5. The van der Waals surface area contributed by atoms with Crippen LogP contribution in [0.25, 0.3) is 0 Å². The fourth-order valence-corrected chi connectivity index (χ4v) is 1.70. The first-order valence-electron chi connectivity index (χ1n) is 6.38. The maximum absolute atomic E-state index is 11.9. The van der Waals surface area contributed by atoms with Crippen molar-refractivity contribution in [2.45, 2.75) is 27.2 Å². The molecular weight excluding hydrogens is 252 g/mol. The van der Waals surface area contributed by atoms with Crippen molar-refractivity contribution in [2.75, 3.05) is 26.9 Å². The van der Waals surface area contributed by atoms with Gasteiger partial charge in [-0.1, -0.05) is 6.92 Å². The maximum Gasteiger partial charge on any atom is 0.317 e. The van der Waals surface area contributed by atoms with E-state index in [-0.39, 0.29) is 32.0 Å². The molecule has 0 saturated heterocycles. The van der Waals surface area contributed by atoms with E-state index >= 15 is 0 Å². The standard InChI is InChI=1S/C13H22O6/c1-5-10(14)11(13(16)19-7-3)9(8-17-4)12(15)18-6-2/h9,11H,5-8H2,1-4H3/t9-,11-/m0/s1. The molecule has 0 aliphatic rings. The fourth-order valence-electron chi connectivity index (χ4n) is 1.70. The number of carbonyl (C=O) groups is 3. The van der Waals surface area contributed by atoms with Crippen LogP contribution in [0.3, 0.4) is 0 Å². The molecule has 0 N–H and O–H groups in total. The molecule has 0 saturated carbocycles. The molecule has 6 nitrogen and oxygen atoms in total. The van der Waals surface area contributed by atoms with Gasteiger partial charge in [-0.2, -0.15) is 0 Å². The van der Waals surface area contributed by atoms with Crippen molar-refractivity contribution in [3.05, 3.63) is 0 Å². The number of esters is 2. The van der Waals surface area contributed by atoms with Gasteiger partial charge in [0.05, 0.1) is 19.8 Å². The number of ketones is 1. The molecule has 0 aliphatic carbocycles. The minimum absolute atomic E-state index is 0.0615. The van der Waals surface area contributed by atoms with Gasteiger partial charge in [0.25, 0.3) is 0 Å². The van der Waals surface area contributed by atoms with Crippen molar-refractivity contribution >= 4 is 17.7 Å². The smallest absolute Gasteiger partial charge is 0.317 e. The summed E-state index contributed by atoms with van der Waals surface area (Å²) in [5.74, 6) is -3.80. The first-order chi connectivity index (χ1) is 9.03. The lowest BCUT2D eigenvalue weighted by molar-refractivity contribution is -0.165. The molecule has 0 bridgehead atoms. The van der Waals surface area contributed by atoms with Crippen LogP contribution in [-0.4, -0.2) is 44.7 Å². The second-order valence-electron chi connectivity index (χ2n) is 3.86. The van der Waals surface area contributed by atoms with Gasteiger partial charge in [0, 0.05) is 13.5 Å². The number of methoxy groups -OCH3 is 1. The SMILES string of the molecule is CCOC(=O)[C@H](C(=O)CC)[C@H](COC)C(=O)OCC. The molecule has 110 valence electrons. The number of Topliss-reactive ketones (excluding diaryl/α,β-unsaturated/α-hetero) is 1. The Morgan fingerprint density at radius 2 is 1.47 bits per heavy atom. The quantitative estimate of drug-likeness (QED) is 0.460. The van der Waals surface area contributed by atoms with Gasteiger partial charge in [0.2, 0.25) is 0 Å². The summed E-state index contributed by atoms with van der Waals surface area (Å²) in [6, 6.07) is 0. The summed E-state index contributed by atoms with van der Waals surface area (Å²) < 4.78 is 14.7. The third kappa shape index (κ3) is 5.38. The van der Waals surface area contributed by atoms with E-state index in [0.29, 0.717) is 0 Å². The van der Waals surface area contributed by atoms with Gasteiger partial charge in [-0.25, -0.2) is 0 Å². The van der Waals surface area contributed by atoms with E-state index < -0.39 is 23.8 Å². The Bertz CT molecular complexity index is 312. The van der Waals surface area contributed by atoms with Gasteiger partial charge in [-0.3, -0.25) is 14.4 Å². The third-order valence-electron chi connectivity index (χ3n) is 2.57. The van der Waals surface area contributed by atoms with E-state index in [4.69, 9.17) is 14.2 Å². The molecule has 0 aromatic carbocycles. The number of hydrogen-bond acceptors (Lipinski definition) is 6. The number of carbonyl (C=O) groups excluding carboxylic acids is 3. The number of rotatable bonds is 9. The molecule has 0 heterocycles. The molecular formula is C13H22O6. The van der Waals surface area contributed by atoms with Crippen molar-refractivity contribution in [1.29, 1.82) is 0 Å². The van der Waals surface area contributed by atoms with E-state index in [9.17, 15) is 14.4 Å². The molecule has 0 radical (unpaired) electrons. The average molecular weight is 274 g/mol. The Balaban J connectivity index is 5.17. The highest BCUT2D eigenvalue weighted by Crippen LogP contribution is 2.19. The lowest BCUT2D eigenvalue weighted by Crippen LogP contribution is -2.40. The average Bonchev–Trinajstić information content (AvgIpc) is 2.38. The van der Waals surface area contributed by atoms with Gasteiger partial charge in [-0.05, 0) is 13.8 Å². The number of ether oxygens (including phenoxy) is 3. The molecule has 0 spiro atoms. The van der Waals surface area contributed by atoms with Crippen molar-refractivity contribution in [3.63, 3.8) is 0 Å². The van der Waals surface area contributed by atoms with E-state index in [1.165, 1.54) is 7.11 Å². The highest BCUT2D eigenvalue weighted by molar-refractivity contribution is 6.02. The van der Waals surface area contributed by atoms with Crippen LogP contribution in [0.4, 0.5) is 0 Å². The second-order valence-corrected chi connectivity index (χ2v) is 3.86. The molecule has 19 heavy (non-hydrogen) atoms. The van der Waals surface area contributed by atoms with Crippen LogP contribution in [0.5, 0.6) is 0 Å². The first kappa shape index (κ1) is 17.6. The summed E-state index contributed by atoms with van der Waals surface area (Å²) >= 11 is 0. The van der Waals surface area contributed by atoms with Crippen molar-refractivity contribution in [3.8, 4) is 0 Å². The first-order valence-corrected chi connectivity index (χ1v) is 6.38. The molecule has 0 aromatic heterocycles. The van der Waals surface area contributed by atoms with Crippen molar-refractivity contribution in [2.24, 2.45) is 11.8 Å². The van der Waals surface area contributed by atoms with Crippen molar-refractivity contribution in [1.82, 2.24) is 0 Å². The van der Waals surface area contributed by atoms with Gasteiger partial charge in [0.15, 0.2) is 0 Å². The third-order valence-corrected chi connectivity index (χ3v) is 2.57. The van der Waals surface area contributed by atoms with Crippen LogP contribution in [-0.2, 0) is 28.6 Å². The molecule has 0 amide bonds. The molecule has 0 rings (SSSR count). The summed E-state index contributed by atoms with van der Waals surface area (Å²) in [6.45, 7) is 5.19. The minimum atomic E-state index is -1.16. The summed E-state index contributed by atoms with van der Waals surface area (Å²) in [6.07, 6.45) is 0.142. The molecule has 0 unspecified atom stereocenters. The van der Waals surface area contributed by atoms with E-state index in [0.717, 1.165) is 0 Å². The zero-order valence-corrected chi connectivity index (χ0v) is 11.9. The zero-order valence-electron chi connectivity index (χ0n) is 11.9. The Kier molecular flexibility index (Phi) is 8.78. The lowest BCUT2D eigenvalue weighted by Gasteiger charge is -2.22. The summed E-state index contributed by atoms with van der Waals surface area (Å²) in [4.78, 5) is 35.6. The Hall–Kier alpha value is -1.43. The highest BCUT2D eigenvalue weighted by Gasteiger charge is 2.40. The van der Waals surface area contributed by atoms with Crippen LogP contribution in [0.1, 0.15) is 27.2 Å². The van der Waals surface area contributed by atoms with Crippen LogP contribution in [0.15, 0.2) is 0 Å². The van der Waals surface area contributed by atoms with Gasteiger partial charge >= 0.3 is 11.9 Å². The summed E-state index contributed by atoms with van der Waals surface area (Å²) in [5, 5.41) is 0. The summed E-state index contributed by atoms with van der Waals surface area (Å²) in [5.41, 5.74) is 0. The van der Waals surface area contributed by atoms with Crippen LogP contribution in [0, 0.1) is 11.8 Å². The molecule has 0 fully saturated rings. The van der Waals surface area contributed by atoms with Gasteiger partial charge < -0.3 is 14.2 Å². The Morgan fingerprint density at radius 1 is 0.947 bits per heavy atom. The molecule has 0 aromatic rings. The summed E-state index contributed by atoms with van der Waals surface area (Å²) in [7, 11) is 1.39. The van der Waals surface area contributed by atoms with E-state index in [2.05, 4.69) is 0 Å². The second kappa shape index (κ2) is 9.49. The lowest BCUT2D eigenvalue weighted by atomic mass is 9.88. The van der Waals surface area contributed by atoms with Crippen LogP contribution >= 0.6 is 0 Å². The Morgan fingerprint density at radius 3 is 1.89 bits per heavy atom.